The number of hydrogen-bond acceptors (Lipinski definition) is 1. The molecule has 1 aromatic rings. The van der Waals surface area contributed by atoms with Crippen molar-refractivity contribution in [3.05, 3.63) is 35.1 Å². The van der Waals surface area contributed by atoms with E-state index in [0.29, 0.717) is 12.6 Å². The van der Waals surface area contributed by atoms with Crippen molar-refractivity contribution in [1.29, 1.82) is 0 Å². The number of rotatable bonds is 4. The maximum Gasteiger partial charge on any atom is 0.161 e. The molecule has 1 atom stereocenters. The van der Waals surface area contributed by atoms with Crippen LogP contribution in [0.15, 0.2) is 12.1 Å². The van der Waals surface area contributed by atoms with Crippen molar-refractivity contribution in [2.75, 3.05) is 6.54 Å². The summed E-state index contributed by atoms with van der Waals surface area (Å²) in [6.07, 6.45) is 7.94. The molecule has 1 N–H and O–H groups in total. The Bertz CT molecular complexity index is 454. The quantitative estimate of drug-likeness (QED) is 0.761. The van der Waals surface area contributed by atoms with Gasteiger partial charge in [-0.25, -0.2) is 13.2 Å². The molecule has 1 nitrogen and oxygen atoms in total. The van der Waals surface area contributed by atoms with Crippen LogP contribution < -0.4 is 5.32 Å². The van der Waals surface area contributed by atoms with E-state index in [2.05, 4.69) is 5.32 Å². The van der Waals surface area contributed by atoms with Crippen molar-refractivity contribution in [3.8, 4) is 0 Å². The third-order valence-electron chi connectivity index (χ3n) is 4.42. The second kappa shape index (κ2) is 7.83. The van der Waals surface area contributed by atoms with Gasteiger partial charge in [0.25, 0.3) is 0 Å². The molecule has 118 valence electrons. The highest BCUT2D eigenvalue weighted by molar-refractivity contribution is 5.24. The molecule has 0 aromatic heterocycles. The van der Waals surface area contributed by atoms with Gasteiger partial charge in [0.05, 0.1) is 0 Å². The van der Waals surface area contributed by atoms with Crippen molar-refractivity contribution in [3.63, 3.8) is 0 Å². The molecular weight excluding hydrogens is 275 g/mol. The van der Waals surface area contributed by atoms with Gasteiger partial charge >= 0.3 is 0 Å². The fourth-order valence-electron chi connectivity index (χ4n) is 3.35. The van der Waals surface area contributed by atoms with Crippen LogP contribution in [-0.2, 0) is 0 Å². The standard InChI is InChI=1S/C17H24F3N/c1-2-21-17(12-8-6-4-3-5-7-9-12)13-10-15(19)16(20)11-14(13)18/h10-12,17,21H,2-9H2,1H3. The van der Waals surface area contributed by atoms with Gasteiger partial charge in [-0.2, -0.15) is 0 Å². The monoisotopic (exact) mass is 299 g/mol. The minimum absolute atomic E-state index is 0.233. The summed E-state index contributed by atoms with van der Waals surface area (Å²) in [5.74, 6) is -2.46. The van der Waals surface area contributed by atoms with E-state index in [1.807, 2.05) is 6.92 Å². The zero-order valence-electron chi connectivity index (χ0n) is 12.6. The molecule has 1 unspecified atom stereocenters. The van der Waals surface area contributed by atoms with Crippen LogP contribution in [0.5, 0.6) is 0 Å². The third-order valence-corrected chi connectivity index (χ3v) is 4.42. The van der Waals surface area contributed by atoms with E-state index in [4.69, 9.17) is 0 Å². The molecule has 0 bridgehead atoms. The lowest BCUT2D eigenvalue weighted by Crippen LogP contribution is -2.30. The topological polar surface area (TPSA) is 12.0 Å². The minimum Gasteiger partial charge on any atom is -0.310 e. The first kappa shape index (κ1) is 16.3. The van der Waals surface area contributed by atoms with Gasteiger partial charge in [-0.1, -0.05) is 39.0 Å². The van der Waals surface area contributed by atoms with E-state index in [9.17, 15) is 13.2 Å². The van der Waals surface area contributed by atoms with Crippen molar-refractivity contribution in [2.45, 2.75) is 57.9 Å². The van der Waals surface area contributed by atoms with Gasteiger partial charge in [-0.05, 0) is 31.4 Å². The van der Waals surface area contributed by atoms with Crippen LogP contribution in [-0.4, -0.2) is 6.54 Å². The number of hydrogen-bond donors (Lipinski definition) is 1. The van der Waals surface area contributed by atoms with Crippen LogP contribution >= 0.6 is 0 Å². The molecule has 21 heavy (non-hydrogen) atoms. The van der Waals surface area contributed by atoms with Crippen LogP contribution in [0.4, 0.5) is 13.2 Å². The predicted octanol–water partition coefficient (Wildman–Crippen LogP) is 5.12. The lowest BCUT2D eigenvalue weighted by Gasteiger charge is -2.30. The van der Waals surface area contributed by atoms with Gasteiger partial charge in [0.1, 0.15) is 5.82 Å². The average Bonchev–Trinajstić information content (AvgIpc) is 2.41. The first-order valence-corrected chi connectivity index (χ1v) is 8.01. The highest BCUT2D eigenvalue weighted by atomic mass is 19.2. The normalized spacial score (nSPS) is 19.0. The Morgan fingerprint density at radius 1 is 0.952 bits per heavy atom. The van der Waals surface area contributed by atoms with Gasteiger partial charge in [0.15, 0.2) is 11.6 Å². The van der Waals surface area contributed by atoms with Crippen molar-refractivity contribution >= 4 is 0 Å². The van der Waals surface area contributed by atoms with E-state index in [0.717, 1.165) is 31.7 Å². The molecule has 1 saturated carbocycles. The Labute approximate surface area is 124 Å². The van der Waals surface area contributed by atoms with E-state index in [-0.39, 0.29) is 17.5 Å². The summed E-state index contributed by atoms with van der Waals surface area (Å²) in [7, 11) is 0. The highest BCUT2D eigenvalue weighted by Gasteiger charge is 2.26. The zero-order valence-corrected chi connectivity index (χ0v) is 12.6. The Balaban J connectivity index is 2.26. The van der Waals surface area contributed by atoms with E-state index in [1.165, 1.54) is 19.3 Å². The molecule has 0 aliphatic heterocycles. The molecule has 1 fully saturated rings. The average molecular weight is 299 g/mol. The molecule has 1 aromatic carbocycles. The summed E-state index contributed by atoms with van der Waals surface area (Å²) in [5.41, 5.74) is 0.265. The van der Waals surface area contributed by atoms with Gasteiger partial charge in [0, 0.05) is 17.7 Å². The van der Waals surface area contributed by atoms with Crippen LogP contribution in [0.2, 0.25) is 0 Å². The van der Waals surface area contributed by atoms with Crippen LogP contribution in [0.25, 0.3) is 0 Å². The maximum absolute atomic E-state index is 14.1. The summed E-state index contributed by atoms with van der Waals surface area (Å²) < 4.78 is 40.7. The van der Waals surface area contributed by atoms with Gasteiger partial charge in [-0.3, -0.25) is 0 Å². The second-order valence-electron chi connectivity index (χ2n) is 5.93. The fourth-order valence-corrected chi connectivity index (χ4v) is 3.35. The lowest BCUT2D eigenvalue weighted by atomic mass is 9.82. The molecule has 0 amide bonds. The molecule has 2 rings (SSSR count). The van der Waals surface area contributed by atoms with Gasteiger partial charge in [0.2, 0.25) is 0 Å². The zero-order chi connectivity index (χ0) is 15.2. The van der Waals surface area contributed by atoms with Crippen LogP contribution in [0, 0.1) is 23.4 Å². The highest BCUT2D eigenvalue weighted by Crippen LogP contribution is 2.34. The predicted molar refractivity (Wildman–Crippen MR) is 78.5 cm³/mol. The summed E-state index contributed by atoms with van der Waals surface area (Å²) in [6, 6.07) is 1.46. The van der Waals surface area contributed by atoms with E-state index >= 15 is 0 Å². The summed E-state index contributed by atoms with van der Waals surface area (Å²) in [6.45, 7) is 2.63. The lowest BCUT2D eigenvalue weighted by molar-refractivity contribution is 0.285. The van der Waals surface area contributed by atoms with Crippen LogP contribution in [0.1, 0.15) is 63.5 Å². The van der Waals surface area contributed by atoms with Gasteiger partial charge < -0.3 is 5.32 Å². The van der Waals surface area contributed by atoms with Crippen molar-refractivity contribution in [1.82, 2.24) is 5.32 Å². The Hall–Kier alpha value is -1.03. The number of benzene rings is 1. The summed E-state index contributed by atoms with van der Waals surface area (Å²) >= 11 is 0. The second-order valence-corrected chi connectivity index (χ2v) is 5.93. The van der Waals surface area contributed by atoms with Crippen molar-refractivity contribution < 1.29 is 13.2 Å². The van der Waals surface area contributed by atoms with Crippen LogP contribution in [0.3, 0.4) is 0 Å². The summed E-state index contributed by atoms with van der Waals surface area (Å²) in [5, 5.41) is 3.28. The largest absolute Gasteiger partial charge is 0.310 e. The molecular formula is C17H24F3N. The number of nitrogens with one attached hydrogen (secondary N) is 1. The first-order chi connectivity index (χ1) is 10.1. The minimum atomic E-state index is -1.12. The molecule has 1 aliphatic rings. The SMILES string of the molecule is CCNC(c1cc(F)c(F)cc1F)C1CCCCCCC1. The Morgan fingerprint density at radius 3 is 2.14 bits per heavy atom. The smallest absolute Gasteiger partial charge is 0.161 e. The molecule has 0 saturated heterocycles. The Kier molecular flexibility index (Phi) is 6.09. The Morgan fingerprint density at radius 2 is 1.52 bits per heavy atom. The number of halogens is 3. The first-order valence-electron chi connectivity index (χ1n) is 8.01. The molecule has 1 aliphatic carbocycles. The fraction of sp³-hybridized carbons (Fsp3) is 0.647. The summed E-state index contributed by atoms with van der Waals surface area (Å²) in [4.78, 5) is 0. The maximum atomic E-state index is 14.1. The molecule has 0 spiro atoms. The molecule has 4 heteroatoms. The van der Waals surface area contributed by atoms with Gasteiger partial charge in [-0.15, -0.1) is 0 Å². The van der Waals surface area contributed by atoms with Crippen molar-refractivity contribution in [2.24, 2.45) is 5.92 Å². The molecule has 0 radical (unpaired) electrons. The van der Waals surface area contributed by atoms with E-state index < -0.39 is 17.5 Å². The third kappa shape index (κ3) is 4.22. The molecule has 0 heterocycles. The van der Waals surface area contributed by atoms with E-state index in [1.54, 1.807) is 0 Å².